The third kappa shape index (κ3) is 2.89. The molecule has 0 bridgehead atoms. The molecular weight excluding hydrogens is 386 g/mol. The molecule has 0 fully saturated rings. The minimum absolute atomic E-state index is 0.0309. The lowest BCUT2D eigenvalue weighted by Crippen LogP contribution is -2.43. The number of hydrogen-bond donors (Lipinski definition) is 1. The fourth-order valence-electron chi connectivity index (χ4n) is 3.85. The van der Waals surface area contributed by atoms with E-state index in [1.165, 1.54) is 12.1 Å². The Morgan fingerprint density at radius 2 is 1.93 bits per heavy atom. The van der Waals surface area contributed by atoms with Crippen LogP contribution in [0.1, 0.15) is 34.9 Å². The Morgan fingerprint density at radius 1 is 1.13 bits per heavy atom. The first-order valence-corrected chi connectivity index (χ1v) is 9.46. The number of non-ortho nitro benzene ring substituents is 1. The summed E-state index contributed by atoms with van der Waals surface area (Å²) in [6.45, 7) is 1.90. The van der Waals surface area contributed by atoms with E-state index in [9.17, 15) is 10.1 Å². The zero-order valence-electron chi connectivity index (χ0n) is 16.4. The third-order valence-electron chi connectivity index (χ3n) is 5.30. The number of hydrazine groups is 1. The lowest BCUT2D eigenvalue weighted by atomic mass is 10.0. The summed E-state index contributed by atoms with van der Waals surface area (Å²) in [6, 6.07) is 15.8. The molecule has 2 aromatic carbocycles. The molecule has 8 heteroatoms. The van der Waals surface area contributed by atoms with Crippen molar-refractivity contribution in [2.24, 2.45) is 0 Å². The standard InChI is InChI=1S/C22H19N3O5/c1-13-6-11-19(29-13)17-12-18-16-4-3-5-20(28-2)21(16)30-22(24(18)23-17)14-7-9-15(10-8-14)25(26)27/h3-12,18,22-23H,1-2H3. The maximum absolute atomic E-state index is 11.0. The number of para-hydroxylation sites is 1. The lowest BCUT2D eigenvalue weighted by Gasteiger charge is -2.39. The van der Waals surface area contributed by atoms with Gasteiger partial charge in [0, 0.05) is 23.3 Å². The number of fused-ring (bicyclic) bond motifs is 3. The summed E-state index contributed by atoms with van der Waals surface area (Å²) in [5.41, 5.74) is 5.99. The summed E-state index contributed by atoms with van der Waals surface area (Å²) >= 11 is 0. The number of hydrogen-bond acceptors (Lipinski definition) is 7. The molecule has 0 amide bonds. The van der Waals surface area contributed by atoms with Crippen molar-refractivity contribution in [3.8, 4) is 11.5 Å². The lowest BCUT2D eigenvalue weighted by molar-refractivity contribution is -0.384. The normalized spacial score (nSPS) is 19.9. The molecule has 3 heterocycles. The van der Waals surface area contributed by atoms with E-state index in [2.05, 4.69) is 11.5 Å². The van der Waals surface area contributed by atoms with Crippen LogP contribution in [0, 0.1) is 17.0 Å². The maximum atomic E-state index is 11.0. The quantitative estimate of drug-likeness (QED) is 0.505. The van der Waals surface area contributed by atoms with Crippen LogP contribution in [0.3, 0.4) is 0 Å². The van der Waals surface area contributed by atoms with Crippen LogP contribution in [0.2, 0.25) is 0 Å². The number of ether oxygens (including phenoxy) is 2. The molecule has 5 rings (SSSR count). The first kappa shape index (κ1) is 18.3. The Hall–Kier alpha value is -3.78. The van der Waals surface area contributed by atoms with Crippen LogP contribution >= 0.6 is 0 Å². The third-order valence-corrected chi connectivity index (χ3v) is 5.30. The van der Waals surface area contributed by atoms with Crippen molar-refractivity contribution in [3.63, 3.8) is 0 Å². The number of benzene rings is 2. The number of nitro benzene ring substituents is 1. The molecule has 0 spiro atoms. The SMILES string of the molecule is COc1cccc2c1OC(c1ccc([N+](=O)[O-])cc1)N1NC(c3ccc(C)o3)=CC21. The van der Waals surface area contributed by atoms with Gasteiger partial charge in [0.1, 0.15) is 5.76 Å². The summed E-state index contributed by atoms with van der Waals surface area (Å²) < 4.78 is 17.7. The maximum Gasteiger partial charge on any atom is 0.269 e. The number of furan rings is 1. The van der Waals surface area contributed by atoms with Gasteiger partial charge in [-0.2, -0.15) is 5.01 Å². The second-order valence-corrected chi connectivity index (χ2v) is 7.15. The smallest absolute Gasteiger partial charge is 0.269 e. The molecule has 3 aromatic rings. The summed E-state index contributed by atoms with van der Waals surface area (Å²) in [4.78, 5) is 10.6. The van der Waals surface area contributed by atoms with Gasteiger partial charge in [-0.1, -0.05) is 12.1 Å². The van der Waals surface area contributed by atoms with Crippen molar-refractivity contribution in [1.82, 2.24) is 10.4 Å². The summed E-state index contributed by atoms with van der Waals surface area (Å²) in [5.74, 6) is 2.84. The molecule has 0 saturated heterocycles. The van der Waals surface area contributed by atoms with Gasteiger partial charge >= 0.3 is 0 Å². The van der Waals surface area contributed by atoms with Crippen molar-refractivity contribution in [1.29, 1.82) is 0 Å². The van der Waals surface area contributed by atoms with Crippen molar-refractivity contribution in [3.05, 3.63) is 93.4 Å². The first-order valence-electron chi connectivity index (χ1n) is 9.46. The Labute approximate surface area is 172 Å². The Morgan fingerprint density at radius 3 is 2.60 bits per heavy atom. The van der Waals surface area contributed by atoms with Gasteiger partial charge in [0.05, 0.1) is 23.8 Å². The van der Waals surface area contributed by atoms with Crippen LogP contribution < -0.4 is 14.9 Å². The van der Waals surface area contributed by atoms with Gasteiger partial charge in [-0.05, 0) is 43.3 Å². The van der Waals surface area contributed by atoms with Crippen LogP contribution in [0.5, 0.6) is 11.5 Å². The van der Waals surface area contributed by atoms with Gasteiger partial charge in [-0.3, -0.25) is 10.1 Å². The molecular formula is C22H19N3O5. The van der Waals surface area contributed by atoms with Crippen molar-refractivity contribution in [2.75, 3.05) is 7.11 Å². The zero-order chi connectivity index (χ0) is 20.8. The van der Waals surface area contributed by atoms with Gasteiger partial charge in [0.15, 0.2) is 23.5 Å². The molecule has 1 N–H and O–H groups in total. The van der Waals surface area contributed by atoms with Crippen LogP contribution in [0.15, 0.2) is 65.1 Å². The van der Waals surface area contributed by atoms with E-state index in [0.717, 1.165) is 28.3 Å². The predicted octanol–water partition coefficient (Wildman–Crippen LogP) is 4.50. The van der Waals surface area contributed by atoms with E-state index in [1.54, 1.807) is 19.2 Å². The molecule has 0 saturated carbocycles. The number of nitro groups is 1. The summed E-state index contributed by atoms with van der Waals surface area (Å²) in [5, 5.41) is 13.0. The number of methoxy groups -OCH3 is 1. The van der Waals surface area contributed by atoms with E-state index >= 15 is 0 Å². The highest BCUT2D eigenvalue weighted by Crippen LogP contribution is 2.49. The Kier molecular flexibility index (Phi) is 4.22. The molecule has 8 nitrogen and oxygen atoms in total. The number of nitrogens with one attached hydrogen (secondary N) is 1. The summed E-state index contributed by atoms with van der Waals surface area (Å²) in [6.07, 6.45) is 1.56. The molecule has 2 aliphatic heterocycles. The monoisotopic (exact) mass is 405 g/mol. The molecule has 152 valence electrons. The highest BCUT2D eigenvalue weighted by molar-refractivity contribution is 5.65. The minimum atomic E-state index is -0.524. The van der Waals surface area contributed by atoms with Crippen LogP contribution in [0.25, 0.3) is 5.70 Å². The van der Waals surface area contributed by atoms with E-state index in [4.69, 9.17) is 13.9 Å². The van der Waals surface area contributed by atoms with Gasteiger partial charge < -0.3 is 19.3 Å². The highest BCUT2D eigenvalue weighted by atomic mass is 16.6. The second kappa shape index (κ2) is 6.93. The highest BCUT2D eigenvalue weighted by Gasteiger charge is 2.41. The topological polar surface area (TPSA) is 90.0 Å². The average Bonchev–Trinajstić information content (AvgIpc) is 3.39. The fraction of sp³-hybridized carbons (Fsp3) is 0.182. The predicted molar refractivity (Wildman–Crippen MR) is 109 cm³/mol. The van der Waals surface area contributed by atoms with Crippen molar-refractivity contribution < 1.29 is 18.8 Å². The number of rotatable bonds is 4. The van der Waals surface area contributed by atoms with E-state index in [0.29, 0.717) is 11.5 Å². The number of nitrogens with zero attached hydrogens (tertiary/aromatic N) is 2. The van der Waals surface area contributed by atoms with Gasteiger partial charge in [-0.25, -0.2) is 0 Å². The zero-order valence-corrected chi connectivity index (χ0v) is 16.4. The van der Waals surface area contributed by atoms with E-state index in [1.807, 2.05) is 42.3 Å². The number of aryl methyl sites for hydroxylation is 1. The summed E-state index contributed by atoms with van der Waals surface area (Å²) in [7, 11) is 1.60. The molecule has 1 aromatic heterocycles. The Bertz CT molecular complexity index is 1150. The van der Waals surface area contributed by atoms with Gasteiger partial charge in [-0.15, -0.1) is 0 Å². The Balaban J connectivity index is 1.59. The van der Waals surface area contributed by atoms with Crippen molar-refractivity contribution >= 4 is 11.4 Å². The van der Waals surface area contributed by atoms with E-state index in [-0.39, 0.29) is 11.7 Å². The van der Waals surface area contributed by atoms with Gasteiger partial charge in [0.2, 0.25) is 0 Å². The van der Waals surface area contributed by atoms with Gasteiger partial charge in [0.25, 0.3) is 5.69 Å². The van der Waals surface area contributed by atoms with E-state index < -0.39 is 11.2 Å². The molecule has 30 heavy (non-hydrogen) atoms. The largest absolute Gasteiger partial charge is 0.493 e. The van der Waals surface area contributed by atoms with Crippen LogP contribution in [-0.2, 0) is 0 Å². The second-order valence-electron chi connectivity index (χ2n) is 7.15. The van der Waals surface area contributed by atoms with Crippen LogP contribution in [0.4, 0.5) is 5.69 Å². The van der Waals surface area contributed by atoms with Crippen LogP contribution in [-0.4, -0.2) is 17.0 Å². The molecule has 0 aliphatic carbocycles. The molecule has 2 aliphatic rings. The first-order chi connectivity index (χ1) is 14.5. The minimum Gasteiger partial charge on any atom is -0.493 e. The average molecular weight is 405 g/mol. The molecule has 2 unspecified atom stereocenters. The molecule has 0 radical (unpaired) electrons. The van der Waals surface area contributed by atoms with Crippen molar-refractivity contribution in [2.45, 2.75) is 19.2 Å². The fourth-order valence-corrected chi connectivity index (χ4v) is 3.85. The molecule has 2 atom stereocenters.